The van der Waals surface area contributed by atoms with E-state index in [1.165, 1.54) is 17.3 Å². The first-order chi connectivity index (χ1) is 12.0. The second-order valence-corrected chi connectivity index (χ2v) is 7.67. The lowest BCUT2D eigenvalue weighted by Crippen LogP contribution is -2.27. The molecule has 1 aliphatic heterocycles. The Kier molecular flexibility index (Phi) is 5.03. The number of rotatable bonds is 3. The molecule has 2 aromatic rings. The fourth-order valence-electron chi connectivity index (χ4n) is 2.50. The molecule has 3 rings (SSSR count). The van der Waals surface area contributed by atoms with Gasteiger partial charge in [0.25, 0.3) is 5.91 Å². The molecular weight excluding hydrogens is 348 g/mol. The first-order valence-corrected chi connectivity index (χ1v) is 9.10. The van der Waals surface area contributed by atoms with E-state index in [4.69, 9.17) is 17.5 Å². The molecule has 1 saturated heterocycles. The standard InChI is InChI=1S/C20H16N2OS2/c1-13(2)16-7-9-17(10-8-16)22-19(23)18(25-20(22)24)11-14-3-5-15(12-21)6-4-14/h3-11,13H,1-2H3/b18-11-. The SMILES string of the molecule is CC(C)c1ccc(N2C(=O)/C(=C/c3ccc(C#N)cc3)SC2=S)cc1. The lowest BCUT2D eigenvalue weighted by Gasteiger charge is -2.15. The fourth-order valence-corrected chi connectivity index (χ4v) is 3.80. The average molecular weight is 364 g/mol. The Morgan fingerprint density at radius 2 is 1.76 bits per heavy atom. The zero-order valence-corrected chi connectivity index (χ0v) is 15.5. The summed E-state index contributed by atoms with van der Waals surface area (Å²) in [5.74, 6) is 0.327. The van der Waals surface area contributed by atoms with E-state index in [1.54, 1.807) is 17.0 Å². The third kappa shape index (κ3) is 3.65. The van der Waals surface area contributed by atoms with Crippen LogP contribution in [0.4, 0.5) is 5.69 Å². The van der Waals surface area contributed by atoms with Crippen molar-refractivity contribution in [2.75, 3.05) is 4.90 Å². The van der Waals surface area contributed by atoms with Gasteiger partial charge in [-0.15, -0.1) is 0 Å². The van der Waals surface area contributed by atoms with Crippen molar-refractivity contribution in [2.45, 2.75) is 19.8 Å². The van der Waals surface area contributed by atoms with Crippen molar-refractivity contribution in [3.63, 3.8) is 0 Å². The minimum Gasteiger partial charge on any atom is -0.268 e. The number of benzene rings is 2. The molecule has 3 nitrogen and oxygen atoms in total. The third-order valence-corrected chi connectivity index (χ3v) is 5.25. The van der Waals surface area contributed by atoms with Crippen molar-refractivity contribution in [3.8, 4) is 6.07 Å². The summed E-state index contributed by atoms with van der Waals surface area (Å²) in [6, 6.07) is 17.1. The second kappa shape index (κ2) is 7.22. The molecule has 0 atom stereocenters. The second-order valence-electron chi connectivity index (χ2n) is 6.00. The van der Waals surface area contributed by atoms with Crippen LogP contribution in [0.15, 0.2) is 53.4 Å². The van der Waals surface area contributed by atoms with Gasteiger partial charge in [-0.25, -0.2) is 0 Å². The zero-order valence-electron chi connectivity index (χ0n) is 13.9. The highest BCUT2D eigenvalue weighted by atomic mass is 32.2. The van der Waals surface area contributed by atoms with Crippen LogP contribution in [0.25, 0.3) is 6.08 Å². The highest BCUT2D eigenvalue weighted by Crippen LogP contribution is 2.36. The Labute approximate surface area is 157 Å². The van der Waals surface area contributed by atoms with E-state index in [0.29, 0.717) is 20.7 Å². The predicted octanol–water partition coefficient (Wildman–Crippen LogP) is 5.09. The van der Waals surface area contributed by atoms with Crippen molar-refractivity contribution in [1.29, 1.82) is 5.26 Å². The van der Waals surface area contributed by atoms with Crippen LogP contribution in [0, 0.1) is 11.3 Å². The van der Waals surface area contributed by atoms with E-state index in [9.17, 15) is 4.79 Å². The molecule has 1 heterocycles. The van der Waals surface area contributed by atoms with Gasteiger partial charge in [0.05, 0.1) is 22.2 Å². The lowest BCUT2D eigenvalue weighted by molar-refractivity contribution is -0.113. The summed E-state index contributed by atoms with van der Waals surface area (Å²) in [5, 5.41) is 8.86. The number of nitrogens with zero attached hydrogens (tertiary/aromatic N) is 2. The smallest absolute Gasteiger partial charge is 0.268 e. The van der Waals surface area contributed by atoms with Gasteiger partial charge >= 0.3 is 0 Å². The van der Waals surface area contributed by atoms with Crippen molar-refractivity contribution in [2.24, 2.45) is 0 Å². The van der Waals surface area contributed by atoms with Crippen LogP contribution in [0.5, 0.6) is 0 Å². The van der Waals surface area contributed by atoms with Crippen LogP contribution in [0.2, 0.25) is 0 Å². The number of anilines is 1. The Hall–Kier alpha value is -2.42. The minimum atomic E-state index is -0.114. The quantitative estimate of drug-likeness (QED) is 0.562. The van der Waals surface area contributed by atoms with Crippen LogP contribution in [-0.4, -0.2) is 10.2 Å². The van der Waals surface area contributed by atoms with E-state index in [1.807, 2.05) is 42.5 Å². The number of hydrogen-bond acceptors (Lipinski definition) is 4. The van der Waals surface area contributed by atoms with Crippen LogP contribution < -0.4 is 4.90 Å². The summed E-state index contributed by atoms with van der Waals surface area (Å²) < 4.78 is 0.530. The maximum atomic E-state index is 12.8. The van der Waals surface area contributed by atoms with E-state index in [0.717, 1.165) is 11.3 Å². The number of nitriles is 1. The number of carbonyl (C=O) groups is 1. The molecule has 1 fully saturated rings. The number of carbonyl (C=O) groups excluding carboxylic acids is 1. The molecule has 5 heteroatoms. The maximum Gasteiger partial charge on any atom is 0.270 e. The summed E-state index contributed by atoms with van der Waals surface area (Å²) in [5.41, 5.74) is 3.47. The molecule has 1 amide bonds. The van der Waals surface area contributed by atoms with Gasteiger partial charge in [-0.1, -0.05) is 62.1 Å². The third-order valence-electron chi connectivity index (χ3n) is 3.95. The average Bonchev–Trinajstić information content (AvgIpc) is 2.89. The zero-order chi connectivity index (χ0) is 18.0. The molecule has 0 aromatic heterocycles. The van der Waals surface area contributed by atoms with E-state index >= 15 is 0 Å². The molecule has 0 unspecified atom stereocenters. The molecule has 0 aliphatic carbocycles. The van der Waals surface area contributed by atoms with Crippen molar-refractivity contribution >= 4 is 46.0 Å². The van der Waals surface area contributed by atoms with Gasteiger partial charge in [0, 0.05) is 0 Å². The number of hydrogen-bond donors (Lipinski definition) is 0. The molecule has 0 radical (unpaired) electrons. The first-order valence-electron chi connectivity index (χ1n) is 7.87. The Morgan fingerprint density at radius 3 is 2.32 bits per heavy atom. The van der Waals surface area contributed by atoms with Crippen LogP contribution in [0.3, 0.4) is 0 Å². The van der Waals surface area contributed by atoms with Crippen LogP contribution in [-0.2, 0) is 4.79 Å². The largest absolute Gasteiger partial charge is 0.270 e. The minimum absolute atomic E-state index is 0.114. The number of amides is 1. The molecule has 0 spiro atoms. The molecule has 2 aromatic carbocycles. The fraction of sp³-hybridized carbons (Fsp3) is 0.150. The van der Waals surface area contributed by atoms with E-state index in [-0.39, 0.29) is 5.91 Å². The molecule has 1 aliphatic rings. The van der Waals surface area contributed by atoms with Crippen molar-refractivity contribution < 1.29 is 4.79 Å². The summed E-state index contributed by atoms with van der Waals surface area (Å²) in [7, 11) is 0. The van der Waals surface area contributed by atoms with E-state index < -0.39 is 0 Å². The van der Waals surface area contributed by atoms with Gasteiger partial charge in [0.15, 0.2) is 4.32 Å². The lowest BCUT2D eigenvalue weighted by atomic mass is 10.0. The van der Waals surface area contributed by atoms with Gasteiger partial charge in [-0.05, 0) is 47.4 Å². The van der Waals surface area contributed by atoms with Gasteiger partial charge in [0.2, 0.25) is 0 Å². The monoisotopic (exact) mass is 364 g/mol. The van der Waals surface area contributed by atoms with Crippen LogP contribution >= 0.6 is 24.0 Å². The molecule has 0 bridgehead atoms. The molecule has 0 N–H and O–H groups in total. The van der Waals surface area contributed by atoms with Crippen molar-refractivity contribution in [1.82, 2.24) is 0 Å². The molecule has 124 valence electrons. The number of thioether (sulfide) groups is 1. The Morgan fingerprint density at radius 1 is 1.12 bits per heavy atom. The summed E-state index contributed by atoms with van der Waals surface area (Å²) in [6.07, 6.45) is 1.81. The Balaban J connectivity index is 1.86. The topological polar surface area (TPSA) is 44.1 Å². The van der Waals surface area contributed by atoms with Gasteiger partial charge in [-0.3, -0.25) is 9.69 Å². The summed E-state index contributed by atoms with van der Waals surface area (Å²) in [4.78, 5) is 14.9. The summed E-state index contributed by atoms with van der Waals surface area (Å²) >= 11 is 6.70. The maximum absolute atomic E-state index is 12.8. The van der Waals surface area contributed by atoms with Crippen LogP contribution in [0.1, 0.15) is 36.5 Å². The van der Waals surface area contributed by atoms with Gasteiger partial charge in [0.1, 0.15) is 0 Å². The Bertz CT molecular complexity index is 891. The highest BCUT2D eigenvalue weighted by molar-refractivity contribution is 8.27. The van der Waals surface area contributed by atoms with E-state index in [2.05, 4.69) is 19.9 Å². The van der Waals surface area contributed by atoms with Crippen molar-refractivity contribution in [3.05, 3.63) is 70.1 Å². The van der Waals surface area contributed by atoms with Gasteiger partial charge < -0.3 is 0 Å². The normalized spacial score (nSPS) is 15.9. The number of thiocarbonyl (C=S) groups is 1. The highest BCUT2D eigenvalue weighted by Gasteiger charge is 2.33. The predicted molar refractivity (Wildman–Crippen MR) is 107 cm³/mol. The molecule has 0 saturated carbocycles. The summed E-state index contributed by atoms with van der Waals surface area (Å²) in [6.45, 7) is 4.27. The molecule has 25 heavy (non-hydrogen) atoms. The first kappa shape index (κ1) is 17.4. The molecular formula is C20H16N2OS2. The van der Waals surface area contributed by atoms with Gasteiger partial charge in [-0.2, -0.15) is 5.26 Å².